The van der Waals surface area contributed by atoms with Crippen LogP contribution in [0.15, 0.2) is 18.2 Å². The number of ether oxygens (including phenoxy) is 2. The summed E-state index contributed by atoms with van der Waals surface area (Å²) < 4.78 is 10.7. The number of nitrogens with two attached hydrogens (primary N) is 1. The van der Waals surface area contributed by atoms with Crippen molar-refractivity contribution in [1.29, 1.82) is 10.7 Å². The minimum atomic E-state index is -0.468. The number of hydrogen-bond donors (Lipinski definition) is 2. The number of nitrogens with zero attached hydrogens (tertiary/aromatic N) is 2. The minimum Gasteiger partial charge on any atom is -0.383 e. The van der Waals surface area contributed by atoms with Crippen LogP contribution in [0.2, 0.25) is 0 Å². The number of rotatable bonds is 7. The van der Waals surface area contributed by atoms with Crippen molar-refractivity contribution in [2.45, 2.75) is 45.1 Å². The topological polar surface area (TPSA) is 112 Å². The van der Waals surface area contributed by atoms with Gasteiger partial charge in [0.1, 0.15) is 0 Å². The van der Waals surface area contributed by atoms with Crippen molar-refractivity contribution in [3.8, 4) is 6.07 Å². The smallest absolute Gasteiger partial charge is 0.237 e. The summed E-state index contributed by atoms with van der Waals surface area (Å²) in [6.07, 6.45) is 2.74. The number of carbonyl (C=O) groups is 1. The van der Waals surface area contributed by atoms with Gasteiger partial charge in [0, 0.05) is 14.2 Å². The summed E-state index contributed by atoms with van der Waals surface area (Å²) in [7, 11) is 3.28. The maximum absolute atomic E-state index is 13.6. The lowest BCUT2D eigenvalue weighted by molar-refractivity contribution is -0.131. The molecular formula is C22H32N4O3. The number of guanidine groups is 1. The molecule has 0 aromatic heterocycles. The standard InChI is InChI=1S/C22H32N4O3/c1-14-5-6-16(13-23)12-18(14)20(17-7-8-19(29-4)15(2)11-17)21(27)26(22(24)25)9-10-28-3/h5-6,12,15,17,19-20H,7-11H2,1-4H3,(H3,24,25)/t15-,17-,19-,20-/m0/s1. The van der Waals surface area contributed by atoms with Gasteiger partial charge in [-0.3, -0.25) is 15.1 Å². The normalized spacial score (nSPS) is 22.5. The molecule has 1 aliphatic carbocycles. The molecule has 3 N–H and O–H groups in total. The van der Waals surface area contributed by atoms with Crippen molar-refractivity contribution in [1.82, 2.24) is 4.90 Å². The van der Waals surface area contributed by atoms with Crippen molar-refractivity contribution in [3.05, 3.63) is 34.9 Å². The summed E-state index contributed by atoms with van der Waals surface area (Å²) in [6, 6.07) is 7.62. The van der Waals surface area contributed by atoms with Crippen LogP contribution in [0, 0.1) is 35.5 Å². The van der Waals surface area contributed by atoms with Crippen molar-refractivity contribution >= 4 is 11.9 Å². The van der Waals surface area contributed by atoms with Gasteiger partial charge in [-0.05, 0) is 61.3 Å². The highest BCUT2D eigenvalue weighted by atomic mass is 16.5. The second kappa shape index (κ2) is 10.4. The lowest BCUT2D eigenvalue weighted by Gasteiger charge is -2.39. The van der Waals surface area contributed by atoms with E-state index in [0.29, 0.717) is 18.1 Å². The van der Waals surface area contributed by atoms with Crippen LogP contribution >= 0.6 is 0 Å². The van der Waals surface area contributed by atoms with Crippen LogP contribution in [0.3, 0.4) is 0 Å². The summed E-state index contributed by atoms with van der Waals surface area (Å²) in [5.74, 6) is -0.561. The van der Waals surface area contributed by atoms with Gasteiger partial charge in [0.25, 0.3) is 0 Å². The predicted molar refractivity (Wildman–Crippen MR) is 111 cm³/mol. The van der Waals surface area contributed by atoms with E-state index in [2.05, 4.69) is 13.0 Å². The van der Waals surface area contributed by atoms with E-state index in [9.17, 15) is 10.1 Å². The van der Waals surface area contributed by atoms with Gasteiger partial charge >= 0.3 is 0 Å². The van der Waals surface area contributed by atoms with Crippen LogP contribution in [0.5, 0.6) is 0 Å². The van der Waals surface area contributed by atoms with Crippen LogP contribution in [0.1, 0.15) is 48.8 Å². The van der Waals surface area contributed by atoms with E-state index < -0.39 is 5.92 Å². The number of nitrogens with one attached hydrogen (secondary N) is 1. The molecule has 7 nitrogen and oxygen atoms in total. The molecule has 0 radical (unpaired) electrons. The molecule has 1 aliphatic rings. The van der Waals surface area contributed by atoms with Crippen molar-refractivity contribution in [3.63, 3.8) is 0 Å². The molecule has 1 aromatic rings. The molecule has 7 heteroatoms. The SMILES string of the molecule is COCCN(C(=N)N)C(=O)[C@H](c1cc(C#N)ccc1C)[C@H]1CC[C@H](OC)[C@@H](C)C1. The molecule has 0 heterocycles. The van der Waals surface area contributed by atoms with E-state index in [4.69, 9.17) is 20.6 Å². The highest BCUT2D eigenvalue weighted by Gasteiger charge is 2.39. The summed E-state index contributed by atoms with van der Waals surface area (Å²) in [5.41, 5.74) is 8.07. The van der Waals surface area contributed by atoms with Crippen LogP contribution < -0.4 is 5.73 Å². The molecule has 0 bridgehead atoms. The highest BCUT2D eigenvalue weighted by molar-refractivity contribution is 5.98. The van der Waals surface area contributed by atoms with Crippen molar-refractivity contribution in [2.75, 3.05) is 27.4 Å². The largest absolute Gasteiger partial charge is 0.383 e. The molecule has 1 saturated carbocycles. The fraction of sp³-hybridized carbons (Fsp3) is 0.591. The molecule has 0 spiro atoms. The molecular weight excluding hydrogens is 368 g/mol. The Bertz CT molecular complexity index is 774. The van der Waals surface area contributed by atoms with E-state index in [1.807, 2.05) is 13.0 Å². The van der Waals surface area contributed by atoms with E-state index >= 15 is 0 Å². The van der Waals surface area contributed by atoms with Gasteiger partial charge in [0.15, 0.2) is 5.96 Å². The van der Waals surface area contributed by atoms with Crippen LogP contribution in [-0.4, -0.2) is 50.2 Å². The Kier molecular flexibility index (Phi) is 8.18. The fourth-order valence-corrected chi connectivity index (χ4v) is 4.40. The summed E-state index contributed by atoms with van der Waals surface area (Å²) in [5, 5.41) is 17.3. The van der Waals surface area contributed by atoms with Crippen LogP contribution in [-0.2, 0) is 14.3 Å². The Morgan fingerprint density at radius 2 is 2.14 bits per heavy atom. The Morgan fingerprint density at radius 1 is 1.41 bits per heavy atom. The number of nitriles is 1. The zero-order chi connectivity index (χ0) is 21.6. The number of hydrogen-bond acceptors (Lipinski definition) is 5. The number of methoxy groups -OCH3 is 2. The lowest BCUT2D eigenvalue weighted by atomic mass is 9.71. The Labute approximate surface area is 173 Å². The second-order valence-electron chi connectivity index (χ2n) is 7.85. The van der Waals surface area contributed by atoms with Gasteiger partial charge in [-0.25, -0.2) is 0 Å². The van der Waals surface area contributed by atoms with Gasteiger partial charge in [-0.1, -0.05) is 13.0 Å². The Balaban J connectivity index is 2.47. The first-order valence-corrected chi connectivity index (χ1v) is 10.0. The average Bonchev–Trinajstić information content (AvgIpc) is 2.69. The minimum absolute atomic E-state index is 0.0842. The molecule has 1 amide bonds. The maximum Gasteiger partial charge on any atom is 0.237 e. The molecule has 158 valence electrons. The molecule has 4 atom stereocenters. The summed E-state index contributed by atoms with van der Waals surface area (Å²) in [4.78, 5) is 14.9. The van der Waals surface area contributed by atoms with E-state index in [1.54, 1.807) is 26.4 Å². The van der Waals surface area contributed by atoms with E-state index in [-0.39, 0.29) is 30.4 Å². The second-order valence-corrected chi connectivity index (χ2v) is 7.85. The predicted octanol–water partition coefficient (Wildman–Crippen LogP) is 2.77. The maximum atomic E-state index is 13.6. The molecule has 1 fully saturated rings. The molecule has 2 rings (SSSR count). The zero-order valence-corrected chi connectivity index (χ0v) is 17.8. The quantitative estimate of drug-likeness (QED) is 0.540. The Morgan fingerprint density at radius 3 is 2.69 bits per heavy atom. The monoisotopic (exact) mass is 400 g/mol. The van der Waals surface area contributed by atoms with Gasteiger partial charge < -0.3 is 15.2 Å². The van der Waals surface area contributed by atoms with Gasteiger partial charge in [0.05, 0.1) is 36.8 Å². The summed E-state index contributed by atoms with van der Waals surface area (Å²) >= 11 is 0. The van der Waals surface area contributed by atoms with Crippen molar-refractivity contribution < 1.29 is 14.3 Å². The molecule has 1 aromatic carbocycles. The molecule has 29 heavy (non-hydrogen) atoms. The lowest BCUT2D eigenvalue weighted by Crippen LogP contribution is -2.47. The Hall–Kier alpha value is -2.43. The number of aryl methyl sites for hydroxylation is 1. The van der Waals surface area contributed by atoms with E-state index in [0.717, 1.165) is 30.4 Å². The van der Waals surface area contributed by atoms with Gasteiger partial charge in [-0.2, -0.15) is 5.26 Å². The zero-order valence-electron chi connectivity index (χ0n) is 17.8. The number of benzene rings is 1. The third-order valence-electron chi connectivity index (χ3n) is 5.99. The fourth-order valence-electron chi connectivity index (χ4n) is 4.40. The van der Waals surface area contributed by atoms with Crippen LogP contribution in [0.25, 0.3) is 0 Å². The first-order valence-electron chi connectivity index (χ1n) is 10.0. The molecule has 0 aliphatic heterocycles. The third-order valence-corrected chi connectivity index (χ3v) is 5.99. The van der Waals surface area contributed by atoms with Gasteiger partial charge in [-0.15, -0.1) is 0 Å². The summed E-state index contributed by atoms with van der Waals surface area (Å²) in [6.45, 7) is 4.62. The van der Waals surface area contributed by atoms with Crippen LogP contribution in [0.4, 0.5) is 0 Å². The number of amides is 1. The number of carbonyl (C=O) groups excluding carboxylic acids is 1. The average molecular weight is 401 g/mol. The van der Waals surface area contributed by atoms with Crippen molar-refractivity contribution in [2.24, 2.45) is 17.6 Å². The highest BCUT2D eigenvalue weighted by Crippen LogP contribution is 2.41. The first kappa shape index (κ1) is 22.9. The van der Waals surface area contributed by atoms with E-state index in [1.165, 1.54) is 4.90 Å². The molecule has 0 saturated heterocycles. The third kappa shape index (κ3) is 5.34. The van der Waals surface area contributed by atoms with Gasteiger partial charge in [0.2, 0.25) is 5.91 Å². The molecule has 0 unspecified atom stereocenters. The first-order chi connectivity index (χ1) is 13.8.